The average Bonchev–Trinajstić information content (AvgIpc) is 3.10. The Hall–Kier alpha value is -2.99. The molecule has 0 unspecified atom stereocenters. The molecule has 0 fully saturated rings. The highest BCUT2D eigenvalue weighted by Gasteiger charge is 2.23. The molecular weight excluding hydrogens is 348 g/mol. The number of nitrogens with one attached hydrogen (secondary N) is 1. The maximum absolute atomic E-state index is 13.0. The third kappa shape index (κ3) is 4.34. The predicted molar refractivity (Wildman–Crippen MR) is 101 cm³/mol. The molecule has 0 saturated carbocycles. The lowest BCUT2D eigenvalue weighted by Gasteiger charge is -2.17. The van der Waals surface area contributed by atoms with E-state index in [1.807, 2.05) is 60.7 Å². The quantitative estimate of drug-likeness (QED) is 0.677. The van der Waals surface area contributed by atoms with Crippen LogP contribution in [0, 0.1) is 0 Å². The largest absolute Gasteiger partial charge is 0.469 e. The molecule has 132 valence electrons. The first-order valence-electron chi connectivity index (χ1n) is 8.09. The van der Waals surface area contributed by atoms with Gasteiger partial charge in [-0.25, -0.2) is 4.98 Å². The first-order chi connectivity index (χ1) is 12.7. The summed E-state index contributed by atoms with van der Waals surface area (Å²) in [5, 5.41) is 5.07. The van der Waals surface area contributed by atoms with Gasteiger partial charge in [-0.3, -0.25) is 9.59 Å². The molecule has 0 atom stereocenters. The molecule has 0 bridgehead atoms. The summed E-state index contributed by atoms with van der Waals surface area (Å²) in [7, 11) is 1.34. The fraction of sp³-hybridized carbons (Fsp3) is 0.150. The van der Waals surface area contributed by atoms with Gasteiger partial charge in [0.25, 0.3) is 0 Å². The Morgan fingerprint density at radius 1 is 1.04 bits per heavy atom. The fourth-order valence-electron chi connectivity index (χ4n) is 2.63. The van der Waals surface area contributed by atoms with Gasteiger partial charge in [0.15, 0.2) is 5.13 Å². The lowest BCUT2D eigenvalue weighted by molar-refractivity contribution is -0.139. The number of aromatic nitrogens is 1. The van der Waals surface area contributed by atoms with Crippen LogP contribution < -0.4 is 5.32 Å². The van der Waals surface area contributed by atoms with Crippen LogP contribution in [0.15, 0.2) is 66.0 Å². The summed E-state index contributed by atoms with van der Waals surface area (Å²) >= 11 is 1.29. The normalized spacial score (nSPS) is 10.5. The van der Waals surface area contributed by atoms with E-state index in [-0.39, 0.29) is 18.3 Å². The number of carbonyl (C=O) groups is 2. The van der Waals surface area contributed by atoms with E-state index in [1.165, 1.54) is 18.4 Å². The summed E-state index contributed by atoms with van der Waals surface area (Å²) < 4.78 is 4.64. The van der Waals surface area contributed by atoms with Crippen LogP contribution in [0.3, 0.4) is 0 Å². The summed E-state index contributed by atoms with van der Waals surface area (Å²) in [6, 6.07) is 19.2. The Bertz CT molecular complexity index is 839. The number of benzene rings is 2. The number of amides is 1. The van der Waals surface area contributed by atoms with Crippen LogP contribution in [-0.4, -0.2) is 24.0 Å². The fourth-order valence-corrected chi connectivity index (χ4v) is 3.34. The first-order valence-corrected chi connectivity index (χ1v) is 8.97. The Kier molecular flexibility index (Phi) is 5.76. The topological polar surface area (TPSA) is 68.3 Å². The second-order valence-electron chi connectivity index (χ2n) is 5.64. The van der Waals surface area contributed by atoms with E-state index in [0.717, 1.165) is 11.1 Å². The van der Waals surface area contributed by atoms with E-state index in [0.29, 0.717) is 10.8 Å². The maximum atomic E-state index is 13.0. The number of hydrogen-bond acceptors (Lipinski definition) is 5. The number of anilines is 1. The van der Waals surface area contributed by atoms with Crippen molar-refractivity contribution in [1.82, 2.24) is 4.98 Å². The molecule has 5 nitrogen and oxygen atoms in total. The van der Waals surface area contributed by atoms with Crippen molar-refractivity contribution >= 4 is 28.3 Å². The predicted octanol–water partition coefficient (Wildman–Crippen LogP) is 3.63. The minimum Gasteiger partial charge on any atom is -0.469 e. The second-order valence-corrected chi connectivity index (χ2v) is 6.50. The maximum Gasteiger partial charge on any atom is 0.311 e. The molecule has 1 aromatic heterocycles. The third-order valence-corrected chi connectivity index (χ3v) is 4.67. The Morgan fingerprint density at radius 3 is 2.15 bits per heavy atom. The summed E-state index contributed by atoms with van der Waals surface area (Å²) in [5.41, 5.74) is 2.39. The van der Waals surface area contributed by atoms with Crippen LogP contribution in [0.4, 0.5) is 5.13 Å². The summed E-state index contributed by atoms with van der Waals surface area (Å²) in [5.74, 6) is -0.966. The molecule has 0 aliphatic carbocycles. The van der Waals surface area contributed by atoms with Gasteiger partial charge in [0.2, 0.25) is 5.91 Å². The Balaban J connectivity index is 1.82. The highest BCUT2D eigenvalue weighted by Crippen LogP contribution is 2.27. The van der Waals surface area contributed by atoms with Gasteiger partial charge in [0.05, 0.1) is 25.1 Å². The van der Waals surface area contributed by atoms with Gasteiger partial charge >= 0.3 is 5.97 Å². The number of nitrogens with zero attached hydrogens (tertiary/aromatic N) is 1. The number of rotatable bonds is 6. The standard InChI is InChI=1S/C20H18N2O3S/c1-25-17(23)12-16-13-26-20(21-16)22-19(24)18(14-8-4-2-5-9-14)15-10-6-3-7-11-15/h2-11,13,18H,12H2,1H3,(H,21,22,24). The highest BCUT2D eigenvalue weighted by atomic mass is 32.1. The van der Waals surface area contributed by atoms with Crippen molar-refractivity contribution in [2.45, 2.75) is 12.3 Å². The monoisotopic (exact) mass is 366 g/mol. The number of thiazole rings is 1. The van der Waals surface area contributed by atoms with Gasteiger partial charge in [-0.15, -0.1) is 11.3 Å². The molecule has 0 spiro atoms. The smallest absolute Gasteiger partial charge is 0.311 e. The average molecular weight is 366 g/mol. The van der Waals surface area contributed by atoms with Crippen molar-refractivity contribution in [3.63, 3.8) is 0 Å². The van der Waals surface area contributed by atoms with Gasteiger partial charge in [0.1, 0.15) is 0 Å². The lowest BCUT2D eigenvalue weighted by Crippen LogP contribution is -2.22. The van der Waals surface area contributed by atoms with Gasteiger partial charge in [-0.05, 0) is 11.1 Å². The molecule has 3 rings (SSSR count). The van der Waals surface area contributed by atoms with Crippen molar-refractivity contribution in [3.05, 3.63) is 82.9 Å². The second kappa shape index (κ2) is 8.40. The van der Waals surface area contributed by atoms with E-state index >= 15 is 0 Å². The summed E-state index contributed by atoms with van der Waals surface area (Å²) in [6.07, 6.45) is 0.0870. The number of ether oxygens (including phenoxy) is 1. The molecule has 2 aromatic carbocycles. The molecule has 0 saturated heterocycles. The minimum atomic E-state index is -0.439. The molecular formula is C20H18N2O3S. The van der Waals surface area contributed by atoms with Crippen molar-refractivity contribution in [1.29, 1.82) is 0 Å². The van der Waals surface area contributed by atoms with Crippen LogP contribution in [0.1, 0.15) is 22.7 Å². The molecule has 1 N–H and O–H groups in total. The van der Waals surface area contributed by atoms with Crippen LogP contribution in [0.25, 0.3) is 0 Å². The van der Waals surface area contributed by atoms with Crippen LogP contribution in [-0.2, 0) is 20.7 Å². The number of hydrogen-bond donors (Lipinski definition) is 1. The Labute approximate surface area is 155 Å². The van der Waals surface area contributed by atoms with Crippen molar-refractivity contribution in [2.24, 2.45) is 0 Å². The molecule has 0 radical (unpaired) electrons. The van der Waals surface area contributed by atoms with E-state index < -0.39 is 5.92 Å². The van der Waals surface area contributed by atoms with Gasteiger partial charge in [-0.2, -0.15) is 0 Å². The zero-order valence-electron chi connectivity index (χ0n) is 14.2. The Morgan fingerprint density at radius 2 is 1.62 bits per heavy atom. The molecule has 1 amide bonds. The van der Waals surface area contributed by atoms with E-state index in [4.69, 9.17) is 0 Å². The van der Waals surface area contributed by atoms with E-state index in [2.05, 4.69) is 15.0 Å². The third-order valence-electron chi connectivity index (χ3n) is 3.86. The number of carbonyl (C=O) groups excluding carboxylic acids is 2. The van der Waals surface area contributed by atoms with Gasteiger partial charge in [-0.1, -0.05) is 60.7 Å². The summed E-state index contributed by atoms with van der Waals surface area (Å²) in [4.78, 5) is 28.6. The zero-order valence-corrected chi connectivity index (χ0v) is 15.0. The van der Waals surface area contributed by atoms with Crippen molar-refractivity contribution in [3.8, 4) is 0 Å². The number of methoxy groups -OCH3 is 1. The van der Waals surface area contributed by atoms with E-state index in [9.17, 15) is 9.59 Å². The number of esters is 1. The highest BCUT2D eigenvalue weighted by molar-refractivity contribution is 7.13. The molecule has 0 aliphatic rings. The first kappa shape index (κ1) is 17.8. The van der Waals surface area contributed by atoms with Crippen LogP contribution in [0.2, 0.25) is 0 Å². The molecule has 26 heavy (non-hydrogen) atoms. The molecule has 6 heteroatoms. The molecule has 0 aliphatic heterocycles. The zero-order chi connectivity index (χ0) is 18.4. The van der Waals surface area contributed by atoms with Gasteiger partial charge < -0.3 is 10.1 Å². The minimum absolute atomic E-state index is 0.0870. The SMILES string of the molecule is COC(=O)Cc1csc(NC(=O)C(c2ccccc2)c2ccccc2)n1. The van der Waals surface area contributed by atoms with Crippen molar-refractivity contribution < 1.29 is 14.3 Å². The lowest BCUT2D eigenvalue weighted by atomic mass is 9.90. The van der Waals surface area contributed by atoms with E-state index in [1.54, 1.807) is 5.38 Å². The van der Waals surface area contributed by atoms with Crippen LogP contribution >= 0.6 is 11.3 Å². The summed E-state index contributed by atoms with van der Waals surface area (Å²) in [6.45, 7) is 0. The van der Waals surface area contributed by atoms with Crippen molar-refractivity contribution in [2.75, 3.05) is 12.4 Å². The van der Waals surface area contributed by atoms with Crippen LogP contribution in [0.5, 0.6) is 0 Å². The molecule has 1 heterocycles. The molecule has 3 aromatic rings. The van der Waals surface area contributed by atoms with Gasteiger partial charge in [0, 0.05) is 5.38 Å².